The first-order chi connectivity index (χ1) is 5.25. The van der Waals surface area contributed by atoms with Crippen molar-refractivity contribution in [1.29, 1.82) is 0 Å². The molecular formula is C9H16N2. The van der Waals surface area contributed by atoms with Crippen LogP contribution >= 0.6 is 0 Å². The van der Waals surface area contributed by atoms with Crippen molar-refractivity contribution >= 4 is 0 Å². The molecule has 0 atom stereocenters. The van der Waals surface area contributed by atoms with Gasteiger partial charge in [0.15, 0.2) is 0 Å². The molecule has 0 radical (unpaired) electrons. The van der Waals surface area contributed by atoms with Crippen molar-refractivity contribution in [3.63, 3.8) is 0 Å². The molecule has 0 aliphatic carbocycles. The van der Waals surface area contributed by atoms with E-state index < -0.39 is 0 Å². The highest BCUT2D eigenvalue weighted by molar-refractivity contribution is 5.19. The molecule has 0 saturated carbocycles. The molecule has 2 nitrogen and oxygen atoms in total. The third kappa shape index (κ3) is 1.76. The number of hydrogen-bond acceptors (Lipinski definition) is 2. The Morgan fingerprint density at radius 1 is 1.27 bits per heavy atom. The van der Waals surface area contributed by atoms with Gasteiger partial charge in [-0.15, -0.1) is 0 Å². The van der Waals surface area contributed by atoms with E-state index in [2.05, 4.69) is 31.4 Å². The molecule has 0 spiro atoms. The molecule has 62 valence electrons. The van der Waals surface area contributed by atoms with Crippen LogP contribution in [-0.2, 0) is 0 Å². The van der Waals surface area contributed by atoms with Crippen molar-refractivity contribution in [3.05, 3.63) is 23.8 Å². The van der Waals surface area contributed by atoms with Crippen molar-refractivity contribution in [1.82, 2.24) is 10.6 Å². The van der Waals surface area contributed by atoms with Crippen molar-refractivity contribution in [2.45, 2.75) is 27.2 Å². The number of hydrogen-bond donors (Lipinski definition) is 2. The standard InChI is InChI=1S/C9H16N2/c1-4-8-9(7(2)3)11-6-5-10-8/h5-7,10-11H,4H2,1-3H3. The van der Waals surface area contributed by atoms with E-state index in [9.17, 15) is 0 Å². The molecular weight excluding hydrogens is 136 g/mol. The fourth-order valence-electron chi connectivity index (χ4n) is 1.25. The van der Waals surface area contributed by atoms with Crippen LogP contribution in [0.2, 0.25) is 0 Å². The molecule has 11 heavy (non-hydrogen) atoms. The summed E-state index contributed by atoms with van der Waals surface area (Å²) >= 11 is 0. The van der Waals surface area contributed by atoms with E-state index in [1.807, 2.05) is 12.4 Å². The lowest BCUT2D eigenvalue weighted by atomic mass is 10.1. The predicted molar refractivity (Wildman–Crippen MR) is 47.6 cm³/mol. The van der Waals surface area contributed by atoms with Crippen LogP contribution in [0, 0.1) is 5.92 Å². The van der Waals surface area contributed by atoms with E-state index in [0.717, 1.165) is 6.42 Å². The van der Waals surface area contributed by atoms with Crippen molar-refractivity contribution in [3.8, 4) is 0 Å². The third-order valence-corrected chi connectivity index (χ3v) is 1.84. The van der Waals surface area contributed by atoms with Gasteiger partial charge in [0.2, 0.25) is 0 Å². The minimum Gasteiger partial charge on any atom is -0.362 e. The van der Waals surface area contributed by atoms with Crippen LogP contribution in [0.3, 0.4) is 0 Å². The zero-order chi connectivity index (χ0) is 8.27. The summed E-state index contributed by atoms with van der Waals surface area (Å²) in [7, 11) is 0. The van der Waals surface area contributed by atoms with Gasteiger partial charge in [-0.05, 0) is 12.3 Å². The summed E-state index contributed by atoms with van der Waals surface area (Å²) in [4.78, 5) is 0. The van der Waals surface area contributed by atoms with Gasteiger partial charge >= 0.3 is 0 Å². The second kappa shape index (κ2) is 3.46. The monoisotopic (exact) mass is 152 g/mol. The van der Waals surface area contributed by atoms with Gasteiger partial charge in [0, 0.05) is 23.8 Å². The van der Waals surface area contributed by atoms with E-state index in [1.165, 1.54) is 11.4 Å². The Bertz CT molecular complexity index is 190. The highest BCUT2D eigenvalue weighted by Gasteiger charge is 2.09. The summed E-state index contributed by atoms with van der Waals surface area (Å²) in [6, 6.07) is 0. The summed E-state index contributed by atoms with van der Waals surface area (Å²) in [5.41, 5.74) is 2.62. The van der Waals surface area contributed by atoms with Crippen molar-refractivity contribution in [2.24, 2.45) is 5.92 Å². The van der Waals surface area contributed by atoms with Crippen LogP contribution in [0.5, 0.6) is 0 Å². The lowest BCUT2D eigenvalue weighted by Crippen LogP contribution is -2.24. The van der Waals surface area contributed by atoms with Gasteiger partial charge in [-0.2, -0.15) is 0 Å². The Balaban J connectivity index is 2.76. The Kier molecular flexibility index (Phi) is 2.58. The molecule has 0 aromatic carbocycles. The number of allylic oxidation sites excluding steroid dienone is 2. The molecule has 0 aromatic rings. The predicted octanol–water partition coefficient (Wildman–Crippen LogP) is 1.93. The fraction of sp³-hybridized carbons (Fsp3) is 0.556. The maximum atomic E-state index is 3.26. The Morgan fingerprint density at radius 3 is 2.36 bits per heavy atom. The first-order valence-corrected chi connectivity index (χ1v) is 4.16. The van der Waals surface area contributed by atoms with E-state index in [1.54, 1.807) is 0 Å². The maximum absolute atomic E-state index is 3.26. The molecule has 0 saturated heterocycles. The molecule has 0 bridgehead atoms. The number of rotatable bonds is 2. The van der Waals surface area contributed by atoms with Gasteiger partial charge in [-0.3, -0.25) is 0 Å². The summed E-state index contributed by atoms with van der Waals surface area (Å²) in [6.07, 6.45) is 4.93. The molecule has 2 N–H and O–H groups in total. The highest BCUT2D eigenvalue weighted by atomic mass is 15.0. The summed E-state index contributed by atoms with van der Waals surface area (Å²) < 4.78 is 0. The largest absolute Gasteiger partial charge is 0.362 e. The fourth-order valence-corrected chi connectivity index (χ4v) is 1.25. The normalized spacial score (nSPS) is 16.7. The zero-order valence-electron chi connectivity index (χ0n) is 7.44. The minimum absolute atomic E-state index is 0.572. The van der Waals surface area contributed by atoms with E-state index >= 15 is 0 Å². The first kappa shape index (κ1) is 8.18. The molecule has 1 rings (SSSR count). The summed E-state index contributed by atoms with van der Waals surface area (Å²) in [5, 5.41) is 6.49. The molecule has 0 aromatic heterocycles. The van der Waals surface area contributed by atoms with Crippen LogP contribution in [0.1, 0.15) is 27.2 Å². The van der Waals surface area contributed by atoms with Gasteiger partial charge in [-0.1, -0.05) is 20.8 Å². The minimum atomic E-state index is 0.572. The molecule has 0 fully saturated rings. The topological polar surface area (TPSA) is 24.1 Å². The lowest BCUT2D eigenvalue weighted by Gasteiger charge is -2.20. The quantitative estimate of drug-likeness (QED) is 0.631. The Labute approximate surface area is 68.4 Å². The van der Waals surface area contributed by atoms with Crippen LogP contribution in [-0.4, -0.2) is 0 Å². The molecule has 1 aliphatic heterocycles. The summed E-state index contributed by atoms with van der Waals surface area (Å²) in [6.45, 7) is 6.54. The zero-order valence-corrected chi connectivity index (χ0v) is 7.44. The Hall–Kier alpha value is -0.920. The van der Waals surface area contributed by atoms with Crippen LogP contribution in [0.15, 0.2) is 23.8 Å². The van der Waals surface area contributed by atoms with Gasteiger partial charge in [0.1, 0.15) is 0 Å². The summed E-state index contributed by atoms with van der Waals surface area (Å²) in [5.74, 6) is 0.572. The van der Waals surface area contributed by atoms with Crippen LogP contribution in [0.4, 0.5) is 0 Å². The number of nitrogens with one attached hydrogen (secondary N) is 2. The third-order valence-electron chi connectivity index (χ3n) is 1.84. The average molecular weight is 152 g/mol. The lowest BCUT2D eigenvalue weighted by molar-refractivity contribution is 0.663. The van der Waals surface area contributed by atoms with E-state index in [4.69, 9.17) is 0 Å². The first-order valence-electron chi connectivity index (χ1n) is 4.16. The second-order valence-electron chi connectivity index (χ2n) is 3.02. The highest BCUT2D eigenvalue weighted by Crippen LogP contribution is 2.14. The van der Waals surface area contributed by atoms with Crippen LogP contribution in [0.25, 0.3) is 0 Å². The van der Waals surface area contributed by atoms with Gasteiger partial charge in [0.05, 0.1) is 0 Å². The molecule has 1 heterocycles. The smallest absolute Gasteiger partial charge is 0.0368 e. The molecule has 2 heteroatoms. The maximum Gasteiger partial charge on any atom is 0.0368 e. The molecule has 0 unspecified atom stereocenters. The molecule has 0 amide bonds. The van der Waals surface area contributed by atoms with Gasteiger partial charge in [0.25, 0.3) is 0 Å². The Morgan fingerprint density at radius 2 is 1.91 bits per heavy atom. The molecule has 1 aliphatic rings. The SMILES string of the molecule is CCC1=C(C(C)C)NC=CN1. The van der Waals surface area contributed by atoms with Gasteiger partial charge < -0.3 is 10.6 Å². The van der Waals surface area contributed by atoms with Gasteiger partial charge in [-0.25, -0.2) is 0 Å². The van der Waals surface area contributed by atoms with E-state index in [0.29, 0.717) is 5.92 Å². The van der Waals surface area contributed by atoms with Crippen LogP contribution < -0.4 is 10.6 Å². The van der Waals surface area contributed by atoms with Crippen molar-refractivity contribution < 1.29 is 0 Å². The van der Waals surface area contributed by atoms with E-state index in [-0.39, 0.29) is 0 Å². The van der Waals surface area contributed by atoms with Crippen molar-refractivity contribution in [2.75, 3.05) is 0 Å². The second-order valence-corrected chi connectivity index (χ2v) is 3.02. The average Bonchev–Trinajstić information content (AvgIpc) is 2.04.